The Morgan fingerprint density at radius 3 is 2.48 bits per heavy atom. The lowest BCUT2D eigenvalue weighted by atomic mass is 9.97. The average Bonchev–Trinajstić information content (AvgIpc) is 3.62. The fraction of sp³-hybridized carbons (Fsp3) is 0.500. The van der Waals surface area contributed by atoms with E-state index >= 15 is 0 Å². The van der Waals surface area contributed by atoms with Crippen LogP contribution >= 0.6 is 0 Å². The molecule has 0 bridgehead atoms. The highest BCUT2D eigenvalue weighted by molar-refractivity contribution is 7.89. The van der Waals surface area contributed by atoms with Crippen LogP contribution in [0.15, 0.2) is 50.2 Å². The van der Waals surface area contributed by atoms with Crippen LogP contribution in [-0.4, -0.2) is 54.4 Å². The van der Waals surface area contributed by atoms with E-state index in [0.717, 1.165) is 42.2 Å². The predicted molar refractivity (Wildman–Crippen MR) is 162 cm³/mol. The molecule has 9 nitrogen and oxygen atoms in total. The maximum atomic E-state index is 13.6. The summed E-state index contributed by atoms with van der Waals surface area (Å²) in [4.78, 5) is 15.5. The normalized spacial score (nSPS) is 19.5. The summed E-state index contributed by atoms with van der Waals surface area (Å²) < 4.78 is 40.0. The van der Waals surface area contributed by atoms with Crippen LogP contribution in [0.4, 0.5) is 0 Å². The van der Waals surface area contributed by atoms with E-state index in [2.05, 4.69) is 22.3 Å². The number of nitrogens with one attached hydrogen (secondary N) is 1. The van der Waals surface area contributed by atoms with Gasteiger partial charge in [-0.05, 0) is 76.3 Å². The molecule has 0 radical (unpaired) electrons. The standard InChI is InChI=1S/C32H42N4O5S/c1-4-27-7-5-6-18-35(27)22-29-14-13-28(40-29)21-33-32(37)26-16-19-36(20-17-26)42(38,39)31-24(3)34-41-30(31)15-12-25-10-8-23(2)9-11-25/h8-15,26-27H,4-7,16-22H2,1-3H3,(H,33,37). The van der Waals surface area contributed by atoms with Crippen LogP contribution in [0.3, 0.4) is 0 Å². The summed E-state index contributed by atoms with van der Waals surface area (Å²) in [5.74, 6) is 1.54. The molecule has 3 aromatic rings. The smallest absolute Gasteiger partial charge is 0.248 e. The van der Waals surface area contributed by atoms with Crippen molar-refractivity contribution in [1.82, 2.24) is 19.7 Å². The fourth-order valence-electron chi connectivity index (χ4n) is 5.99. The maximum absolute atomic E-state index is 13.6. The van der Waals surface area contributed by atoms with Gasteiger partial charge in [0, 0.05) is 25.0 Å². The number of rotatable bonds is 10. The minimum atomic E-state index is -3.84. The number of amides is 1. The van der Waals surface area contributed by atoms with Gasteiger partial charge in [0.25, 0.3) is 0 Å². The molecule has 2 aliphatic heterocycles. The Kier molecular flexibility index (Phi) is 9.65. The molecule has 42 heavy (non-hydrogen) atoms. The molecule has 1 amide bonds. The third-order valence-electron chi connectivity index (χ3n) is 8.49. The quantitative estimate of drug-likeness (QED) is 0.328. The number of likely N-dealkylation sites (tertiary alicyclic amines) is 1. The molecule has 1 aromatic carbocycles. The summed E-state index contributed by atoms with van der Waals surface area (Å²) in [6, 6.07) is 12.4. The van der Waals surface area contributed by atoms with Gasteiger partial charge < -0.3 is 14.3 Å². The Hall–Kier alpha value is -3.21. The van der Waals surface area contributed by atoms with Gasteiger partial charge in [-0.3, -0.25) is 9.69 Å². The lowest BCUT2D eigenvalue weighted by Crippen LogP contribution is -2.43. The van der Waals surface area contributed by atoms with E-state index in [1.54, 1.807) is 13.0 Å². The molecule has 10 heteroatoms. The van der Waals surface area contributed by atoms with E-state index in [1.165, 1.54) is 23.6 Å². The molecule has 0 aliphatic carbocycles. The first-order chi connectivity index (χ1) is 20.2. The first kappa shape index (κ1) is 30.3. The average molecular weight is 595 g/mol. The SMILES string of the molecule is CCC1CCCCN1Cc1ccc(CNC(=O)C2CCN(S(=O)(=O)c3c(C)noc3C=Cc3ccc(C)cc3)CC2)o1. The van der Waals surface area contributed by atoms with E-state index in [4.69, 9.17) is 8.94 Å². The second kappa shape index (κ2) is 13.4. The van der Waals surface area contributed by atoms with Crippen LogP contribution in [-0.2, 0) is 27.9 Å². The molecule has 1 N–H and O–H groups in total. The minimum absolute atomic E-state index is 0.0741. The van der Waals surface area contributed by atoms with Crippen molar-refractivity contribution in [2.75, 3.05) is 19.6 Å². The summed E-state index contributed by atoms with van der Waals surface area (Å²) >= 11 is 0. The van der Waals surface area contributed by atoms with Crippen molar-refractivity contribution < 1.29 is 22.2 Å². The van der Waals surface area contributed by atoms with E-state index in [0.29, 0.717) is 31.1 Å². The summed E-state index contributed by atoms with van der Waals surface area (Å²) in [5.41, 5.74) is 2.40. The molecule has 4 heterocycles. The summed E-state index contributed by atoms with van der Waals surface area (Å²) in [7, 11) is -3.84. The third-order valence-corrected chi connectivity index (χ3v) is 10.6. The Morgan fingerprint density at radius 1 is 1.00 bits per heavy atom. The first-order valence-corrected chi connectivity index (χ1v) is 16.5. The van der Waals surface area contributed by atoms with Crippen LogP contribution in [0.25, 0.3) is 12.2 Å². The topological polar surface area (TPSA) is 109 Å². The van der Waals surface area contributed by atoms with Crippen LogP contribution in [0.5, 0.6) is 0 Å². The molecule has 0 spiro atoms. The number of sulfonamides is 1. The Bertz CT molecular complexity index is 1480. The third kappa shape index (κ3) is 7.04. The van der Waals surface area contributed by atoms with Crippen LogP contribution in [0.1, 0.15) is 79.6 Å². The minimum Gasteiger partial charge on any atom is -0.463 e. The number of furan rings is 1. The molecule has 2 fully saturated rings. The van der Waals surface area contributed by atoms with E-state index in [9.17, 15) is 13.2 Å². The second-order valence-electron chi connectivity index (χ2n) is 11.5. The number of benzene rings is 1. The number of piperidine rings is 2. The van der Waals surface area contributed by atoms with E-state index in [-0.39, 0.29) is 35.6 Å². The molecule has 1 atom stereocenters. The van der Waals surface area contributed by atoms with Gasteiger partial charge in [0.2, 0.25) is 15.9 Å². The van der Waals surface area contributed by atoms with Crippen LogP contribution in [0, 0.1) is 19.8 Å². The largest absolute Gasteiger partial charge is 0.463 e. The predicted octanol–water partition coefficient (Wildman–Crippen LogP) is 5.54. The highest BCUT2D eigenvalue weighted by Crippen LogP contribution is 2.29. The van der Waals surface area contributed by atoms with Gasteiger partial charge in [0.1, 0.15) is 17.2 Å². The first-order valence-electron chi connectivity index (χ1n) is 15.0. The van der Waals surface area contributed by atoms with Gasteiger partial charge in [0.15, 0.2) is 10.7 Å². The summed E-state index contributed by atoms with van der Waals surface area (Å²) in [6.45, 7) is 8.62. The van der Waals surface area contributed by atoms with Crippen molar-refractivity contribution in [1.29, 1.82) is 0 Å². The monoisotopic (exact) mass is 594 g/mol. The van der Waals surface area contributed by atoms with Gasteiger partial charge in [-0.2, -0.15) is 4.31 Å². The van der Waals surface area contributed by atoms with Crippen LogP contribution < -0.4 is 5.32 Å². The van der Waals surface area contributed by atoms with Crippen molar-refractivity contribution in [3.63, 3.8) is 0 Å². The fourth-order valence-corrected chi connectivity index (χ4v) is 7.71. The van der Waals surface area contributed by atoms with Gasteiger partial charge in [-0.1, -0.05) is 54.4 Å². The zero-order chi connectivity index (χ0) is 29.7. The molecule has 2 aliphatic rings. The van der Waals surface area contributed by atoms with E-state index in [1.807, 2.05) is 49.4 Å². The molecule has 2 saturated heterocycles. The number of carbonyl (C=O) groups is 1. The number of hydrogen-bond donors (Lipinski definition) is 1. The second-order valence-corrected chi connectivity index (χ2v) is 13.4. The number of hydrogen-bond acceptors (Lipinski definition) is 7. The molecule has 1 unspecified atom stereocenters. The van der Waals surface area contributed by atoms with Crippen molar-refractivity contribution in [3.8, 4) is 0 Å². The van der Waals surface area contributed by atoms with Gasteiger partial charge in [0.05, 0.1) is 13.1 Å². The molecular weight excluding hydrogens is 552 g/mol. The number of nitrogens with zero attached hydrogens (tertiary/aromatic N) is 3. The highest BCUT2D eigenvalue weighted by Gasteiger charge is 2.36. The zero-order valence-electron chi connectivity index (χ0n) is 24.8. The lowest BCUT2D eigenvalue weighted by Gasteiger charge is -2.34. The van der Waals surface area contributed by atoms with Crippen molar-refractivity contribution in [2.24, 2.45) is 5.92 Å². The number of carbonyl (C=O) groups excluding carboxylic acids is 1. The molecule has 0 saturated carbocycles. The maximum Gasteiger partial charge on any atom is 0.248 e. The number of aryl methyl sites for hydroxylation is 2. The molecule has 226 valence electrons. The van der Waals surface area contributed by atoms with E-state index < -0.39 is 10.0 Å². The lowest BCUT2D eigenvalue weighted by molar-refractivity contribution is -0.126. The Labute approximate surface area is 249 Å². The Balaban J connectivity index is 1.14. The highest BCUT2D eigenvalue weighted by atomic mass is 32.2. The molecule has 2 aromatic heterocycles. The summed E-state index contributed by atoms with van der Waals surface area (Å²) in [6.07, 6.45) is 9.26. The molecule has 5 rings (SSSR count). The zero-order valence-corrected chi connectivity index (χ0v) is 25.7. The van der Waals surface area contributed by atoms with Crippen molar-refractivity contribution in [2.45, 2.75) is 83.3 Å². The van der Waals surface area contributed by atoms with Crippen LogP contribution in [0.2, 0.25) is 0 Å². The van der Waals surface area contributed by atoms with Gasteiger partial charge in [-0.25, -0.2) is 8.42 Å². The van der Waals surface area contributed by atoms with Crippen molar-refractivity contribution in [3.05, 3.63) is 70.5 Å². The van der Waals surface area contributed by atoms with Gasteiger partial charge >= 0.3 is 0 Å². The Morgan fingerprint density at radius 2 is 1.74 bits per heavy atom. The number of aromatic nitrogens is 1. The van der Waals surface area contributed by atoms with Gasteiger partial charge in [-0.15, -0.1) is 0 Å². The molecular formula is C32H42N4O5S. The van der Waals surface area contributed by atoms with Crippen molar-refractivity contribution >= 4 is 28.1 Å². The summed E-state index contributed by atoms with van der Waals surface area (Å²) in [5, 5.41) is 6.93.